The standard InChI is InChI=1S/C15H17N3O2S/c1-17(15(20)14-6-7-18(2)16-14)10-13-9-12(11-21-13)5-3-4-8-19/h6-7,9,11,19H,4,8,10H2,1-2H3. The van der Waals surface area contributed by atoms with Crippen molar-refractivity contribution in [1.29, 1.82) is 0 Å². The van der Waals surface area contributed by atoms with E-state index in [1.54, 1.807) is 47.3 Å². The van der Waals surface area contributed by atoms with Gasteiger partial charge in [-0.15, -0.1) is 11.3 Å². The Hall–Kier alpha value is -2.10. The Bertz CT molecular complexity index is 678. The van der Waals surface area contributed by atoms with Gasteiger partial charge in [0.25, 0.3) is 5.91 Å². The third-order valence-electron chi connectivity index (χ3n) is 2.80. The van der Waals surface area contributed by atoms with Crippen LogP contribution in [0.2, 0.25) is 0 Å². The molecule has 0 radical (unpaired) electrons. The van der Waals surface area contributed by atoms with Crippen molar-refractivity contribution in [1.82, 2.24) is 14.7 Å². The summed E-state index contributed by atoms with van der Waals surface area (Å²) in [5.41, 5.74) is 1.36. The molecule has 0 bridgehead atoms. The summed E-state index contributed by atoms with van der Waals surface area (Å²) >= 11 is 1.57. The lowest BCUT2D eigenvalue weighted by Crippen LogP contribution is -2.26. The highest BCUT2D eigenvalue weighted by Gasteiger charge is 2.15. The molecule has 0 aliphatic heterocycles. The Balaban J connectivity index is 1.98. The summed E-state index contributed by atoms with van der Waals surface area (Å²) in [5, 5.41) is 14.8. The minimum atomic E-state index is -0.100. The van der Waals surface area contributed by atoms with Crippen molar-refractivity contribution in [3.63, 3.8) is 0 Å². The quantitative estimate of drug-likeness (QED) is 0.871. The molecule has 6 heteroatoms. The van der Waals surface area contributed by atoms with Crippen LogP contribution in [0.5, 0.6) is 0 Å². The number of carbonyl (C=O) groups is 1. The number of carbonyl (C=O) groups excluding carboxylic acids is 1. The van der Waals surface area contributed by atoms with Crippen LogP contribution in [0.1, 0.15) is 27.3 Å². The largest absolute Gasteiger partial charge is 0.395 e. The summed E-state index contributed by atoms with van der Waals surface area (Å²) in [6.45, 7) is 0.604. The van der Waals surface area contributed by atoms with Crippen LogP contribution >= 0.6 is 11.3 Å². The van der Waals surface area contributed by atoms with Crippen molar-refractivity contribution >= 4 is 17.2 Å². The Morgan fingerprint density at radius 2 is 2.38 bits per heavy atom. The van der Waals surface area contributed by atoms with Gasteiger partial charge in [0.05, 0.1) is 13.2 Å². The average Bonchev–Trinajstić information content (AvgIpc) is 3.07. The highest BCUT2D eigenvalue weighted by molar-refractivity contribution is 7.10. The number of aryl methyl sites for hydroxylation is 1. The van der Waals surface area contributed by atoms with Crippen molar-refractivity contribution < 1.29 is 9.90 Å². The topological polar surface area (TPSA) is 58.4 Å². The van der Waals surface area contributed by atoms with E-state index in [2.05, 4.69) is 16.9 Å². The second-order valence-corrected chi connectivity index (χ2v) is 5.61. The van der Waals surface area contributed by atoms with E-state index in [0.717, 1.165) is 10.4 Å². The van der Waals surface area contributed by atoms with E-state index in [1.807, 2.05) is 11.4 Å². The molecular formula is C15H17N3O2S. The lowest BCUT2D eigenvalue weighted by atomic mass is 10.3. The third-order valence-corrected chi connectivity index (χ3v) is 3.72. The van der Waals surface area contributed by atoms with Crippen molar-refractivity contribution in [3.8, 4) is 11.8 Å². The van der Waals surface area contributed by atoms with E-state index in [1.165, 1.54) is 0 Å². The molecular weight excluding hydrogens is 286 g/mol. The molecule has 110 valence electrons. The summed E-state index contributed by atoms with van der Waals surface area (Å²) in [6.07, 6.45) is 2.23. The van der Waals surface area contributed by atoms with Crippen LogP contribution < -0.4 is 0 Å². The normalized spacial score (nSPS) is 10.0. The fourth-order valence-electron chi connectivity index (χ4n) is 1.78. The van der Waals surface area contributed by atoms with E-state index in [0.29, 0.717) is 18.7 Å². The van der Waals surface area contributed by atoms with E-state index in [9.17, 15) is 4.79 Å². The van der Waals surface area contributed by atoms with Gasteiger partial charge in [-0.3, -0.25) is 9.48 Å². The minimum absolute atomic E-state index is 0.0747. The van der Waals surface area contributed by atoms with Crippen LogP contribution in [0.3, 0.4) is 0 Å². The second-order valence-electron chi connectivity index (χ2n) is 4.61. The molecule has 0 saturated carbocycles. The first kappa shape index (κ1) is 15.3. The van der Waals surface area contributed by atoms with Crippen molar-refractivity contribution in [3.05, 3.63) is 39.8 Å². The zero-order chi connectivity index (χ0) is 15.2. The first-order valence-electron chi connectivity index (χ1n) is 6.52. The first-order valence-corrected chi connectivity index (χ1v) is 7.40. The number of hydrogen-bond acceptors (Lipinski definition) is 4. The maximum absolute atomic E-state index is 12.2. The van der Waals surface area contributed by atoms with Gasteiger partial charge in [-0.2, -0.15) is 5.10 Å². The molecule has 0 atom stereocenters. The number of aliphatic hydroxyl groups excluding tert-OH is 1. The number of rotatable bonds is 4. The molecule has 0 spiro atoms. The van der Waals surface area contributed by atoms with Crippen LogP contribution in [-0.2, 0) is 13.6 Å². The zero-order valence-corrected chi connectivity index (χ0v) is 12.9. The lowest BCUT2D eigenvalue weighted by Gasteiger charge is -2.14. The van der Waals surface area contributed by atoms with Gasteiger partial charge in [0.1, 0.15) is 5.69 Å². The molecule has 0 unspecified atom stereocenters. The maximum atomic E-state index is 12.2. The van der Waals surface area contributed by atoms with Gasteiger partial charge in [0, 0.05) is 42.5 Å². The average molecular weight is 303 g/mol. The maximum Gasteiger partial charge on any atom is 0.274 e. The molecule has 2 aromatic heterocycles. The van der Waals surface area contributed by atoms with Crippen molar-refractivity contribution in [2.75, 3.05) is 13.7 Å². The van der Waals surface area contributed by atoms with E-state index in [-0.39, 0.29) is 12.5 Å². The molecule has 1 N–H and O–H groups in total. The summed E-state index contributed by atoms with van der Waals surface area (Å²) in [7, 11) is 3.54. The van der Waals surface area contributed by atoms with E-state index in [4.69, 9.17) is 5.11 Å². The fourth-order valence-corrected chi connectivity index (χ4v) is 2.65. The van der Waals surface area contributed by atoms with Gasteiger partial charge in [-0.1, -0.05) is 11.8 Å². The monoisotopic (exact) mass is 303 g/mol. The molecule has 0 aliphatic carbocycles. The summed E-state index contributed by atoms with van der Waals surface area (Å²) in [6, 6.07) is 3.68. The predicted octanol–water partition coefficient (Wildman–Crippen LogP) is 1.49. The van der Waals surface area contributed by atoms with Crippen LogP contribution in [0.15, 0.2) is 23.7 Å². The molecule has 2 heterocycles. The Kier molecular flexibility index (Phi) is 5.14. The Morgan fingerprint density at radius 3 is 3.05 bits per heavy atom. The molecule has 0 aromatic carbocycles. The molecule has 0 saturated heterocycles. The van der Waals surface area contributed by atoms with Gasteiger partial charge < -0.3 is 10.0 Å². The molecule has 1 amide bonds. The molecule has 0 aliphatic rings. The Labute approximate surface area is 127 Å². The molecule has 2 aromatic rings. The van der Waals surface area contributed by atoms with Crippen LogP contribution in [0.4, 0.5) is 0 Å². The van der Waals surface area contributed by atoms with Gasteiger partial charge in [-0.05, 0) is 12.1 Å². The highest BCUT2D eigenvalue weighted by atomic mass is 32.1. The summed E-state index contributed by atoms with van der Waals surface area (Å²) in [4.78, 5) is 14.9. The Morgan fingerprint density at radius 1 is 1.57 bits per heavy atom. The van der Waals surface area contributed by atoms with Gasteiger partial charge >= 0.3 is 0 Å². The van der Waals surface area contributed by atoms with E-state index < -0.39 is 0 Å². The molecule has 0 fully saturated rings. The smallest absolute Gasteiger partial charge is 0.274 e. The highest BCUT2D eigenvalue weighted by Crippen LogP contribution is 2.16. The zero-order valence-electron chi connectivity index (χ0n) is 12.0. The minimum Gasteiger partial charge on any atom is -0.395 e. The first-order chi connectivity index (χ1) is 10.1. The van der Waals surface area contributed by atoms with Crippen LogP contribution in [0, 0.1) is 11.8 Å². The van der Waals surface area contributed by atoms with Crippen LogP contribution in [-0.4, -0.2) is 39.3 Å². The van der Waals surface area contributed by atoms with Crippen molar-refractivity contribution in [2.45, 2.75) is 13.0 Å². The summed E-state index contributed by atoms with van der Waals surface area (Å²) < 4.78 is 1.61. The number of aromatic nitrogens is 2. The van der Waals surface area contributed by atoms with Gasteiger partial charge in [0.2, 0.25) is 0 Å². The summed E-state index contributed by atoms with van der Waals surface area (Å²) in [5.74, 6) is 5.77. The number of nitrogens with zero attached hydrogens (tertiary/aromatic N) is 3. The van der Waals surface area contributed by atoms with Gasteiger partial charge in [-0.25, -0.2) is 0 Å². The van der Waals surface area contributed by atoms with E-state index >= 15 is 0 Å². The van der Waals surface area contributed by atoms with Crippen LogP contribution in [0.25, 0.3) is 0 Å². The van der Waals surface area contributed by atoms with Gasteiger partial charge in [0.15, 0.2) is 0 Å². The number of amides is 1. The molecule has 21 heavy (non-hydrogen) atoms. The SMILES string of the molecule is CN(Cc1cc(C#CCCO)cs1)C(=O)c1ccn(C)n1. The number of thiophene rings is 1. The third kappa shape index (κ3) is 4.18. The molecule has 5 nitrogen and oxygen atoms in total. The number of hydrogen-bond donors (Lipinski definition) is 1. The fraction of sp³-hybridized carbons (Fsp3) is 0.333. The van der Waals surface area contributed by atoms with Crippen molar-refractivity contribution in [2.24, 2.45) is 7.05 Å². The predicted molar refractivity (Wildman–Crippen MR) is 81.9 cm³/mol. The lowest BCUT2D eigenvalue weighted by molar-refractivity contribution is 0.0780. The second kappa shape index (κ2) is 7.07. The molecule has 2 rings (SSSR count). The number of aliphatic hydroxyl groups is 1.